The molecule has 12 nitrogen and oxygen atoms in total. The van der Waals surface area contributed by atoms with Gasteiger partial charge < -0.3 is 14.6 Å². The summed E-state index contributed by atoms with van der Waals surface area (Å²) in [5.74, 6) is -5.33. The zero-order valence-electron chi connectivity index (χ0n) is 25.8. The number of nitro groups is 1. The molecule has 0 aromatic heterocycles. The molecule has 2 aliphatic carbocycles. The van der Waals surface area contributed by atoms with Crippen LogP contribution in [-0.2, 0) is 19.2 Å². The molecule has 4 aliphatic rings. The van der Waals surface area contributed by atoms with E-state index in [2.05, 4.69) is 0 Å². The number of nitrogens with zero attached hydrogens (tertiary/aromatic N) is 3. The summed E-state index contributed by atoms with van der Waals surface area (Å²) in [7, 11) is 2.79. The lowest BCUT2D eigenvalue weighted by Gasteiger charge is -2.49. The van der Waals surface area contributed by atoms with Gasteiger partial charge in [-0.3, -0.25) is 34.2 Å². The van der Waals surface area contributed by atoms with Gasteiger partial charge in [0.05, 0.1) is 53.7 Å². The Bertz CT molecular complexity index is 1860. The Morgan fingerprint density at radius 2 is 1.47 bits per heavy atom. The minimum Gasteiger partial charge on any atom is -0.502 e. The Kier molecular flexibility index (Phi) is 6.92. The van der Waals surface area contributed by atoms with Crippen molar-refractivity contribution in [2.24, 2.45) is 29.1 Å². The van der Waals surface area contributed by atoms with Crippen molar-refractivity contribution in [2.75, 3.05) is 24.0 Å². The Morgan fingerprint density at radius 3 is 2.06 bits per heavy atom. The zero-order chi connectivity index (χ0) is 33.4. The number of anilines is 2. The van der Waals surface area contributed by atoms with E-state index in [-0.39, 0.29) is 41.5 Å². The Balaban J connectivity index is 1.37. The first-order valence-corrected chi connectivity index (χ1v) is 15.2. The number of carbonyl (C=O) groups is 4. The predicted octanol–water partition coefficient (Wildman–Crippen LogP) is 4.75. The molecular formula is C35H31N3O9. The summed E-state index contributed by atoms with van der Waals surface area (Å²) in [6.07, 6.45) is 2.29. The SMILES string of the molecule is COc1cc(C2C3=CCC4C(=O)N(c5ccc([N+](=O)[O-])cc5)C(=O)C4C3CC3C(=O)N(c4ccccc4)C(=O)C32C)cc(OC)c1O. The van der Waals surface area contributed by atoms with Crippen LogP contribution in [0, 0.1) is 39.2 Å². The third-order valence-electron chi connectivity index (χ3n) is 10.4. The van der Waals surface area contributed by atoms with Gasteiger partial charge in [0.25, 0.3) is 5.69 Å². The molecule has 0 radical (unpaired) electrons. The molecule has 3 aromatic rings. The van der Waals surface area contributed by atoms with Gasteiger partial charge >= 0.3 is 0 Å². The standard InChI is InChI=1S/C35H31N3O9/c1-35-25(32(41)37(34(35)43)19-7-5-4-6-8-19)17-24-22(29(35)18-15-26(46-2)30(39)27(16-18)47-3)13-14-23-28(24)33(42)36(31(23)40)20-9-11-21(12-10-20)38(44)45/h4-13,15-16,23-25,28-29,39H,14,17H2,1-3H3. The third kappa shape index (κ3) is 4.20. The monoisotopic (exact) mass is 637 g/mol. The van der Waals surface area contributed by atoms with E-state index in [0.29, 0.717) is 11.3 Å². The molecule has 1 saturated carbocycles. The number of phenols is 1. The number of benzene rings is 3. The number of para-hydroxylation sites is 1. The van der Waals surface area contributed by atoms with Gasteiger partial charge in [-0.1, -0.05) is 29.8 Å². The van der Waals surface area contributed by atoms with E-state index in [1.54, 1.807) is 49.4 Å². The summed E-state index contributed by atoms with van der Waals surface area (Å²) in [5, 5.41) is 22.0. The molecule has 12 heteroatoms. The van der Waals surface area contributed by atoms with E-state index in [1.165, 1.54) is 43.4 Å². The summed E-state index contributed by atoms with van der Waals surface area (Å²) in [6.45, 7) is 1.77. The number of imide groups is 2. The number of ether oxygens (including phenoxy) is 2. The molecule has 6 atom stereocenters. The maximum atomic E-state index is 14.6. The number of phenolic OH excluding ortho intramolecular Hbond substituents is 1. The average Bonchev–Trinajstić information content (AvgIpc) is 3.44. The number of hydrogen-bond acceptors (Lipinski definition) is 9. The Hall–Kier alpha value is -5.52. The highest BCUT2D eigenvalue weighted by Gasteiger charge is 2.67. The summed E-state index contributed by atoms with van der Waals surface area (Å²) < 4.78 is 10.9. The van der Waals surface area contributed by atoms with Crippen LogP contribution in [0.2, 0.25) is 0 Å². The van der Waals surface area contributed by atoms with E-state index in [4.69, 9.17) is 9.47 Å². The van der Waals surface area contributed by atoms with Gasteiger partial charge in [-0.2, -0.15) is 0 Å². The molecule has 3 fully saturated rings. The lowest BCUT2D eigenvalue weighted by Crippen LogP contribution is -2.48. The van der Waals surface area contributed by atoms with Crippen LogP contribution in [0.4, 0.5) is 17.1 Å². The number of methoxy groups -OCH3 is 2. The highest BCUT2D eigenvalue weighted by Crippen LogP contribution is 2.64. The highest BCUT2D eigenvalue weighted by molar-refractivity contribution is 6.25. The van der Waals surface area contributed by atoms with E-state index in [9.17, 15) is 34.4 Å². The number of rotatable bonds is 6. The Morgan fingerprint density at radius 1 is 0.851 bits per heavy atom. The van der Waals surface area contributed by atoms with Crippen molar-refractivity contribution in [3.63, 3.8) is 0 Å². The number of nitro benzene ring substituents is 1. The van der Waals surface area contributed by atoms with Crippen molar-refractivity contribution in [1.29, 1.82) is 0 Å². The van der Waals surface area contributed by atoms with Crippen LogP contribution in [0.1, 0.15) is 31.2 Å². The van der Waals surface area contributed by atoms with E-state index < -0.39 is 63.6 Å². The molecule has 7 rings (SSSR count). The molecule has 0 spiro atoms. The topological polar surface area (TPSA) is 157 Å². The van der Waals surface area contributed by atoms with Gasteiger partial charge in [0.1, 0.15) is 0 Å². The number of aromatic hydroxyl groups is 1. The summed E-state index contributed by atoms with van der Waals surface area (Å²) >= 11 is 0. The first-order chi connectivity index (χ1) is 22.5. The molecule has 2 aliphatic heterocycles. The van der Waals surface area contributed by atoms with Crippen molar-refractivity contribution in [1.82, 2.24) is 0 Å². The van der Waals surface area contributed by atoms with Crippen LogP contribution < -0.4 is 19.3 Å². The van der Waals surface area contributed by atoms with Crippen molar-refractivity contribution < 1.29 is 38.7 Å². The third-order valence-corrected chi connectivity index (χ3v) is 10.4. The lowest BCUT2D eigenvalue weighted by atomic mass is 9.51. The quantitative estimate of drug-likeness (QED) is 0.174. The van der Waals surface area contributed by atoms with Gasteiger partial charge in [-0.25, -0.2) is 4.90 Å². The largest absolute Gasteiger partial charge is 0.502 e. The normalized spacial score (nSPS) is 28.1. The van der Waals surface area contributed by atoms with Crippen LogP contribution in [0.5, 0.6) is 17.2 Å². The number of allylic oxidation sites excluding steroid dienone is 2. The van der Waals surface area contributed by atoms with Crippen LogP contribution >= 0.6 is 0 Å². The van der Waals surface area contributed by atoms with Crippen LogP contribution in [0.25, 0.3) is 0 Å². The molecule has 2 heterocycles. The first-order valence-electron chi connectivity index (χ1n) is 15.2. The van der Waals surface area contributed by atoms with Crippen molar-refractivity contribution in [3.8, 4) is 17.2 Å². The second-order valence-corrected chi connectivity index (χ2v) is 12.6. The number of carbonyl (C=O) groups excluding carboxylic acids is 4. The van der Waals surface area contributed by atoms with Crippen molar-refractivity contribution in [2.45, 2.75) is 25.7 Å². The van der Waals surface area contributed by atoms with Crippen LogP contribution in [0.3, 0.4) is 0 Å². The lowest BCUT2D eigenvalue weighted by molar-refractivity contribution is -0.384. The number of non-ortho nitro benzene ring substituents is 1. The number of fused-ring (bicyclic) bond motifs is 4. The highest BCUT2D eigenvalue weighted by atomic mass is 16.6. The van der Waals surface area contributed by atoms with Gasteiger partial charge in [-0.05, 0) is 67.6 Å². The van der Waals surface area contributed by atoms with Crippen LogP contribution in [-0.4, -0.2) is 47.9 Å². The fourth-order valence-electron chi connectivity index (χ4n) is 8.28. The minimum absolute atomic E-state index is 0.115. The summed E-state index contributed by atoms with van der Waals surface area (Å²) in [6, 6.07) is 17.2. The molecular weight excluding hydrogens is 606 g/mol. The molecule has 6 unspecified atom stereocenters. The summed E-state index contributed by atoms with van der Waals surface area (Å²) in [4.78, 5) is 69.8. The average molecular weight is 638 g/mol. The Labute approximate surface area is 269 Å². The molecule has 3 aromatic carbocycles. The van der Waals surface area contributed by atoms with E-state index in [0.717, 1.165) is 10.5 Å². The maximum absolute atomic E-state index is 14.6. The van der Waals surface area contributed by atoms with Gasteiger partial charge in [0.2, 0.25) is 29.4 Å². The fraction of sp³-hybridized carbons (Fsp3) is 0.314. The molecule has 1 N–H and O–H groups in total. The molecule has 47 heavy (non-hydrogen) atoms. The smallest absolute Gasteiger partial charge is 0.269 e. The van der Waals surface area contributed by atoms with Gasteiger partial charge in [0.15, 0.2) is 11.5 Å². The second-order valence-electron chi connectivity index (χ2n) is 12.6. The fourth-order valence-corrected chi connectivity index (χ4v) is 8.28. The maximum Gasteiger partial charge on any atom is 0.269 e. The number of hydrogen-bond donors (Lipinski definition) is 1. The predicted molar refractivity (Wildman–Crippen MR) is 168 cm³/mol. The zero-order valence-corrected chi connectivity index (χ0v) is 25.8. The van der Waals surface area contributed by atoms with E-state index >= 15 is 0 Å². The van der Waals surface area contributed by atoms with Gasteiger partial charge in [0, 0.05) is 18.1 Å². The number of amides is 4. The molecule has 240 valence electrons. The molecule has 2 saturated heterocycles. The molecule has 0 bridgehead atoms. The second kappa shape index (κ2) is 10.8. The van der Waals surface area contributed by atoms with Crippen LogP contribution in [0.15, 0.2) is 78.4 Å². The van der Waals surface area contributed by atoms with Crippen molar-refractivity contribution in [3.05, 3.63) is 94.1 Å². The minimum atomic E-state index is -1.29. The van der Waals surface area contributed by atoms with Gasteiger partial charge in [-0.15, -0.1) is 0 Å². The molecule has 4 amide bonds. The first kappa shape index (κ1) is 30.2. The van der Waals surface area contributed by atoms with Crippen molar-refractivity contribution >= 4 is 40.7 Å². The summed E-state index contributed by atoms with van der Waals surface area (Å²) in [5.41, 5.74) is 0.508. The van der Waals surface area contributed by atoms with E-state index in [1.807, 2.05) is 6.08 Å².